The number of hydrogen-bond donors (Lipinski definition) is 2. The van der Waals surface area contributed by atoms with E-state index in [4.69, 9.17) is 23.2 Å². The number of hydrogen-bond acceptors (Lipinski definition) is 3. The van der Waals surface area contributed by atoms with Crippen LogP contribution in [-0.2, 0) is 10.0 Å². The van der Waals surface area contributed by atoms with Crippen LogP contribution in [0.5, 0.6) is 0 Å². The van der Waals surface area contributed by atoms with Crippen molar-refractivity contribution in [2.45, 2.75) is 24.7 Å². The fourth-order valence-corrected chi connectivity index (χ4v) is 4.26. The van der Waals surface area contributed by atoms with Crippen LogP contribution in [0.1, 0.15) is 19.8 Å². The van der Waals surface area contributed by atoms with Gasteiger partial charge in [-0.05, 0) is 43.0 Å². The lowest BCUT2D eigenvalue weighted by molar-refractivity contribution is 0.238. The Balaban J connectivity index is 0.00000220. The number of sulfonamides is 1. The highest BCUT2D eigenvalue weighted by molar-refractivity contribution is 7.89. The van der Waals surface area contributed by atoms with Gasteiger partial charge in [0.1, 0.15) is 4.90 Å². The van der Waals surface area contributed by atoms with Gasteiger partial charge in [0.25, 0.3) is 0 Å². The SMILES string of the molecule is CC1(CNS(=O)(=O)c2cc(Cl)ccc2Cl)CCCNC1.Cl. The summed E-state index contributed by atoms with van der Waals surface area (Å²) in [6.07, 6.45) is 2.04. The van der Waals surface area contributed by atoms with Crippen LogP contribution in [0.15, 0.2) is 23.1 Å². The van der Waals surface area contributed by atoms with Gasteiger partial charge >= 0.3 is 0 Å². The fourth-order valence-electron chi connectivity index (χ4n) is 2.30. The Morgan fingerprint density at radius 3 is 2.71 bits per heavy atom. The largest absolute Gasteiger partial charge is 0.316 e. The van der Waals surface area contributed by atoms with Gasteiger partial charge in [0, 0.05) is 18.1 Å². The second kappa shape index (κ2) is 7.49. The van der Waals surface area contributed by atoms with Crippen LogP contribution in [0.3, 0.4) is 0 Å². The molecule has 1 aromatic carbocycles. The summed E-state index contributed by atoms with van der Waals surface area (Å²) in [5, 5.41) is 3.81. The van der Waals surface area contributed by atoms with Gasteiger partial charge in [-0.25, -0.2) is 13.1 Å². The first-order chi connectivity index (χ1) is 9.32. The smallest absolute Gasteiger partial charge is 0.242 e. The third kappa shape index (κ3) is 4.98. The zero-order valence-electron chi connectivity index (χ0n) is 11.7. The topological polar surface area (TPSA) is 58.2 Å². The van der Waals surface area contributed by atoms with Crippen LogP contribution < -0.4 is 10.0 Å². The van der Waals surface area contributed by atoms with Crippen LogP contribution in [0.4, 0.5) is 0 Å². The normalized spacial score (nSPS) is 22.6. The summed E-state index contributed by atoms with van der Waals surface area (Å²) in [4.78, 5) is 0.0269. The van der Waals surface area contributed by atoms with Gasteiger partial charge < -0.3 is 5.32 Å². The summed E-state index contributed by atoms with van der Waals surface area (Å²) in [5.74, 6) is 0. The van der Waals surface area contributed by atoms with Gasteiger partial charge in [-0.2, -0.15) is 0 Å². The molecule has 0 saturated carbocycles. The summed E-state index contributed by atoms with van der Waals surface area (Å²) in [6, 6.07) is 4.42. The van der Waals surface area contributed by atoms with Crippen LogP contribution in [0.2, 0.25) is 10.0 Å². The monoisotopic (exact) mass is 372 g/mol. The molecule has 1 atom stereocenters. The third-order valence-electron chi connectivity index (χ3n) is 3.56. The molecule has 0 amide bonds. The molecule has 8 heteroatoms. The van der Waals surface area contributed by atoms with E-state index in [0.717, 1.165) is 25.9 Å². The first-order valence-corrected chi connectivity index (χ1v) is 8.72. The van der Waals surface area contributed by atoms with Gasteiger partial charge in [-0.15, -0.1) is 12.4 Å². The Morgan fingerprint density at radius 1 is 1.38 bits per heavy atom. The van der Waals surface area contributed by atoms with Crippen molar-refractivity contribution in [3.63, 3.8) is 0 Å². The van der Waals surface area contributed by atoms with E-state index in [1.54, 1.807) is 6.07 Å². The van der Waals surface area contributed by atoms with E-state index in [1.165, 1.54) is 12.1 Å². The van der Waals surface area contributed by atoms with Gasteiger partial charge in [-0.3, -0.25) is 0 Å². The Hall–Kier alpha value is -0.0400. The van der Waals surface area contributed by atoms with Crippen molar-refractivity contribution in [2.24, 2.45) is 5.41 Å². The molecule has 1 aliphatic heterocycles. The number of halogens is 3. The summed E-state index contributed by atoms with van der Waals surface area (Å²) < 4.78 is 27.3. The molecule has 1 unspecified atom stereocenters. The molecule has 0 aromatic heterocycles. The molecule has 1 aliphatic rings. The minimum Gasteiger partial charge on any atom is -0.316 e. The van der Waals surface area contributed by atoms with Crippen molar-refractivity contribution in [3.8, 4) is 0 Å². The van der Waals surface area contributed by atoms with E-state index >= 15 is 0 Å². The number of rotatable bonds is 4. The zero-order valence-corrected chi connectivity index (χ0v) is 14.8. The van der Waals surface area contributed by atoms with Gasteiger partial charge in [-0.1, -0.05) is 30.1 Å². The summed E-state index contributed by atoms with van der Waals surface area (Å²) >= 11 is 11.8. The lowest BCUT2D eigenvalue weighted by Crippen LogP contribution is -2.45. The van der Waals surface area contributed by atoms with Crippen LogP contribution in [-0.4, -0.2) is 28.1 Å². The van der Waals surface area contributed by atoms with E-state index in [1.807, 2.05) is 0 Å². The maximum absolute atomic E-state index is 12.3. The lowest BCUT2D eigenvalue weighted by Gasteiger charge is -2.34. The molecule has 2 rings (SSSR count). The fraction of sp³-hybridized carbons (Fsp3) is 0.538. The van der Waals surface area contributed by atoms with E-state index in [9.17, 15) is 8.42 Å². The second-order valence-corrected chi connectivity index (χ2v) is 8.07. The van der Waals surface area contributed by atoms with E-state index in [-0.39, 0.29) is 27.7 Å². The average Bonchev–Trinajstić information content (AvgIpc) is 2.40. The highest BCUT2D eigenvalue weighted by atomic mass is 35.5. The number of piperidine rings is 1. The molecular formula is C13H19Cl3N2O2S. The minimum absolute atomic E-state index is 0. The van der Waals surface area contributed by atoms with Crippen molar-refractivity contribution < 1.29 is 8.42 Å². The van der Waals surface area contributed by atoms with E-state index in [0.29, 0.717) is 11.6 Å². The van der Waals surface area contributed by atoms with Crippen LogP contribution in [0.25, 0.3) is 0 Å². The average molecular weight is 374 g/mol. The maximum Gasteiger partial charge on any atom is 0.242 e. The first-order valence-electron chi connectivity index (χ1n) is 6.48. The third-order valence-corrected chi connectivity index (χ3v) is 5.68. The molecule has 0 spiro atoms. The Bertz CT molecular complexity index is 587. The summed E-state index contributed by atoms with van der Waals surface area (Å²) in [5.41, 5.74) is -0.0730. The van der Waals surface area contributed by atoms with Crippen molar-refractivity contribution in [1.29, 1.82) is 0 Å². The minimum atomic E-state index is -3.65. The van der Waals surface area contributed by atoms with E-state index in [2.05, 4.69) is 17.0 Å². The molecular weight excluding hydrogens is 355 g/mol. The van der Waals surface area contributed by atoms with Crippen molar-refractivity contribution in [2.75, 3.05) is 19.6 Å². The Labute approximate surface area is 142 Å². The lowest BCUT2D eigenvalue weighted by atomic mass is 9.83. The van der Waals surface area contributed by atoms with Gasteiger partial charge in [0.05, 0.1) is 5.02 Å². The molecule has 1 saturated heterocycles. The number of nitrogens with one attached hydrogen (secondary N) is 2. The zero-order chi connectivity index (χ0) is 14.8. The molecule has 1 heterocycles. The molecule has 120 valence electrons. The first kappa shape index (κ1) is 19.0. The summed E-state index contributed by atoms with van der Waals surface area (Å²) in [6.45, 7) is 4.24. The molecule has 21 heavy (non-hydrogen) atoms. The highest BCUT2D eigenvalue weighted by Crippen LogP contribution is 2.27. The van der Waals surface area contributed by atoms with Crippen LogP contribution >= 0.6 is 35.6 Å². The molecule has 4 nitrogen and oxygen atoms in total. The molecule has 0 radical (unpaired) electrons. The molecule has 0 bridgehead atoms. The predicted octanol–water partition coefficient (Wildman–Crippen LogP) is 3.08. The predicted molar refractivity (Wildman–Crippen MR) is 89.1 cm³/mol. The highest BCUT2D eigenvalue weighted by Gasteiger charge is 2.29. The van der Waals surface area contributed by atoms with Crippen LogP contribution in [0, 0.1) is 5.41 Å². The van der Waals surface area contributed by atoms with Gasteiger partial charge in [0.2, 0.25) is 10.0 Å². The molecule has 1 fully saturated rings. The second-order valence-electron chi connectivity index (χ2n) is 5.49. The molecule has 1 aromatic rings. The van der Waals surface area contributed by atoms with Crippen molar-refractivity contribution in [1.82, 2.24) is 10.0 Å². The summed E-state index contributed by atoms with van der Waals surface area (Å²) in [7, 11) is -3.65. The molecule has 2 N–H and O–H groups in total. The van der Waals surface area contributed by atoms with Crippen molar-refractivity contribution >= 4 is 45.6 Å². The van der Waals surface area contributed by atoms with E-state index < -0.39 is 10.0 Å². The Morgan fingerprint density at radius 2 is 2.10 bits per heavy atom. The Kier molecular flexibility index (Phi) is 6.78. The quantitative estimate of drug-likeness (QED) is 0.852. The number of benzene rings is 1. The molecule has 0 aliphatic carbocycles. The van der Waals surface area contributed by atoms with Gasteiger partial charge in [0.15, 0.2) is 0 Å². The van der Waals surface area contributed by atoms with Crippen molar-refractivity contribution in [3.05, 3.63) is 28.2 Å². The standard InChI is InChI=1S/C13H18Cl2N2O2S.ClH/c1-13(5-2-6-16-8-13)9-17-20(18,19)12-7-10(14)3-4-11(12)15;/h3-4,7,16-17H,2,5-6,8-9H2,1H3;1H. The maximum atomic E-state index is 12.3.